The number of hydrogen-bond donors (Lipinski definition) is 2. The van der Waals surface area contributed by atoms with E-state index < -0.39 is 35.4 Å². The highest BCUT2D eigenvalue weighted by Crippen LogP contribution is 2.41. The Balaban J connectivity index is 1.45. The minimum atomic E-state index is -1.24. The number of unbranched alkanes of at least 4 members (excludes halogenated alkanes) is 2. The number of ether oxygens (including phenoxy) is 2. The summed E-state index contributed by atoms with van der Waals surface area (Å²) in [7, 11) is 3.39. The maximum Gasteiger partial charge on any atom is 0.329 e. The number of nitrogens with zero attached hydrogens (tertiary/aromatic N) is 4. The average molecular weight is 646 g/mol. The van der Waals surface area contributed by atoms with Crippen molar-refractivity contribution in [1.29, 1.82) is 0 Å². The molecule has 2 fully saturated rings. The molecule has 2 amide bonds. The van der Waals surface area contributed by atoms with Gasteiger partial charge in [-0.25, -0.2) is 14.5 Å². The summed E-state index contributed by atoms with van der Waals surface area (Å²) in [5.74, 6) is -0.854. The molecular formula is C36H47N5O6. The first kappa shape index (κ1) is 33.9. The van der Waals surface area contributed by atoms with Crippen molar-refractivity contribution in [3.05, 3.63) is 53.9 Å². The number of aromatic nitrogens is 3. The molecule has 0 spiro atoms. The predicted molar refractivity (Wildman–Crippen MR) is 179 cm³/mol. The molecule has 2 aliphatic rings. The number of carboxylic acid groups (broad SMARTS) is 1. The Kier molecular flexibility index (Phi) is 10.2. The Labute approximate surface area is 276 Å². The summed E-state index contributed by atoms with van der Waals surface area (Å²) < 4.78 is 14.0. The van der Waals surface area contributed by atoms with Crippen LogP contribution in [0.15, 0.2) is 42.6 Å². The smallest absolute Gasteiger partial charge is 0.329 e. The largest absolute Gasteiger partial charge is 0.496 e. The molecule has 1 aromatic carbocycles. The van der Waals surface area contributed by atoms with Gasteiger partial charge in [0.05, 0.1) is 30.2 Å². The summed E-state index contributed by atoms with van der Waals surface area (Å²) in [6.07, 6.45) is 9.66. The topological polar surface area (TPSA) is 136 Å². The quantitative estimate of drug-likeness (QED) is 0.172. The van der Waals surface area contributed by atoms with E-state index in [2.05, 4.69) is 25.2 Å². The van der Waals surface area contributed by atoms with Crippen molar-refractivity contribution >= 4 is 28.7 Å². The van der Waals surface area contributed by atoms with Gasteiger partial charge in [0.25, 0.3) is 0 Å². The first-order chi connectivity index (χ1) is 22.5. The Hall–Kier alpha value is -4.41. The molecule has 2 aliphatic carbocycles. The number of nitrogens with one attached hydrogen (secondary N) is 1. The third kappa shape index (κ3) is 7.29. The van der Waals surface area contributed by atoms with Crippen LogP contribution in [0, 0.1) is 18.8 Å². The van der Waals surface area contributed by atoms with E-state index in [0.717, 1.165) is 35.9 Å². The summed E-state index contributed by atoms with van der Waals surface area (Å²) >= 11 is 0. The normalized spacial score (nSPS) is 20.1. The average Bonchev–Trinajstić information content (AvgIpc) is 3.45. The van der Waals surface area contributed by atoms with Crippen LogP contribution in [0.3, 0.4) is 0 Å². The number of carbonyl (C=O) groups excluding carboxylic acids is 2. The SMILES string of the molecule is C/C=C\CCCCN(C)C(=O)[C@@H]1C[C@H](Oc2cc(-n3ccc(C(C)C)n3)nc3c(C)c(OC)ccc23)C[C@H]1C(=O)NC1(C(=O)O)CC1. The molecule has 3 atom stereocenters. The van der Waals surface area contributed by atoms with Crippen LogP contribution in [-0.4, -0.2) is 74.9 Å². The number of carboxylic acids is 1. The number of hydrogen-bond acceptors (Lipinski definition) is 7. The molecule has 0 aliphatic heterocycles. The zero-order valence-corrected chi connectivity index (χ0v) is 28.3. The van der Waals surface area contributed by atoms with E-state index in [4.69, 9.17) is 19.6 Å². The van der Waals surface area contributed by atoms with E-state index in [-0.39, 0.29) is 18.2 Å². The molecule has 47 heavy (non-hydrogen) atoms. The fraction of sp³-hybridized carbons (Fsp3) is 0.528. The lowest BCUT2D eigenvalue weighted by Crippen LogP contribution is -2.48. The van der Waals surface area contributed by atoms with Crippen molar-refractivity contribution in [3.8, 4) is 17.3 Å². The van der Waals surface area contributed by atoms with Crippen LogP contribution in [0.1, 0.15) is 82.9 Å². The molecule has 2 N–H and O–H groups in total. The molecule has 252 valence electrons. The van der Waals surface area contributed by atoms with Crippen LogP contribution >= 0.6 is 0 Å². The maximum absolute atomic E-state index is 13.8. The summed E-state index contributed by atoms with van der Waals surface area (Å²) in [6, 6.07) is 7.59. The molecule has 3 aromatic rings. The molecule has 11 nitrogen and oxygen atoms in total. The lowest BCUT2D eigenvalue weighted by atomic mass is 9.93. The van der Waals surface area contributed by atoms with Crippen LogP contribution in [-0.2, 0) is 14.4 Å². The van der Waals surface area contributed by atoms with Crippen LogP contribution in [0.25, 0.3) is 16.7 Å². The van der Waals surface area contributed by atoms with Gasteiger partial charge < -0.3 is 24.8 Å². The summed E-state index contributed by atoms with van der Waals surface area (Å²) in [5.41, 5.74) is 1.24. The molecule has 0 saturated heterocycles. The van der Waals surface area contributed by atoms with E-state index in [1.54, 1.807) is 23.7 Å². The van der Waals surface area contributed by atoms with Crippen LogP contribution in [0.4, 0.5) is 0 Å². The van der Waals surface area contributed by atoms with Gasteiger partial charge in [0, 0.05) is 36.8 Å². The van der Waals surface area contributed by atoms with Gasteiger partial charge in [-0.1, -0.05) is 26.0 Å². The van der Waals surface area contributed by atoms with Gasteiger partial charge >= 0.3 is 5.97 Å². The van der Waals surface area contributed by atoms with E-state index in [0.29, 0.717) is 48.6 Å². The minimum absolute atomic E-state index is 0.124. The lowest BCUT2D eigenvalue weighted by Gasteiger charge is -2.25. The summed E-state index contributed by atoms with van der Waals surface area (Å²) in [5, 5.41) is 18.0. The predicted octanol–water partition coefficient (Wildman–Crippen LogP) is 5.57. The number of pyridine rings is 1. The van der Waals surface area contributed by atoms with Crippen LogP contribution < -0.4 is 14.8 Å². The first-order valence-electron chi connectivity index (χ1n) is 16.6. The Morgan fingerprint density at radius 2 is 1.89 bits per heavy atom. The standard InChI is InChI=1S/C36H47N5O6/c1-7-8-9-10-11-17-40(5)34(43)27-20-24(19-26(27)33(42)38-36(15-16-36)35(44)45)47-30-21-31(41-18-14-28(39-41)22(2)3)37-32-23(4)29(46-6)13-12-25(30)32/h7-8,12-14,18,21-22,24,26-27H,9-11,15-17,19-20H2,1-6H3,(H,38,42)(H,44,45)/b8-7-/t24-,26-,27-/m1/s1. The van der Waals surface area contributed by atoms with Crippen molar-refractivity contribution in [3.63, 3.8) is 0 Å². The molecule has 11 heteroatoms. The summed E-state index contributed by atoms with van der Waals surface area (Å²) in [6.45, 7) is 8.67. The van der Waals surface area contributed by atoms with Crippen molar-refractivity contribution in [1.82, 2.24) is 25.0 Å². The number of amides is 2. The monoisotopic (exact) mass is 645 g/mol. The second-order valence-corrected chi connectivity index (χ2v) is 13.2. The zero-order valence-electron chi connectivity index (χ0n) is 28.3. The summed E-state index contributed by atoms with van der Waals surface area (Å²) in [4.78, 5) is 46.0. The Morgan fingerprint density at radius 3 is 2.53 bits per heavy atom. The second-order valence-electron chi connectivity index (χ2n) is 13.2. The van der Waals surface area contributed by atoms with E-state index in [9.17, 15) is 19.5 Å². The molecule has 2 aromatic heterocycles. The maximum atomic E-state index is 13.8. The highest BCUT2D eigenvalue weighted by atomic mass is 16.5. The highest BCUT2D eigenvalue weighted by molar-refractivity contribution is 5.94. The fourth-order valence-corrected chi connectivity index (χ4v) is 6.42. The molecule has 2 heterocycles. The second kappa shape index (κ2) is 14.1. The third-order valence-corrected chi connectivity index (χ3v) is 9.50. The Morgan fingerprint density at radius 1 is 1.15 bits per heavy atom. The number of carbonyl (C=O) groups is 3. The molecule has 0 unspecified atom stereocenters. The number of aryl methyl sites for hydroxylation is 1. The molecule has 5 rings (SSSR count). The van der Waals surface area contributed by atoms with Gasteiger partial charge in [0.15, 0.2) is 5.82 Å². The van der Waals surface area contributed by atoms with Gasteiger partial charge in [0.2, 0.25) is 11.8 Å². The van der Waals surface area contributed by atoms with Crippen LogP contribution in [0.2, 0.25) is 0 Å². The van der Waals surface area contributed by atoms with Crippen LogP contribution in [0.5, 0.6) is 11.5 Å². The molecular weight excluding hydrogens is 598 g/mol. The highest BCUT2D eigenvalue weighted by Gasteiger charge is 2.54. The van der Waals surface area contributed by atoms with Gasteiger partial charge in [0.1, 0.15) is 23.1 Å². The first-order valence-corrected chi connectivity index (χ1v) is 16.6. The van der Waals surface area contributed by atoms with Crippen molar-refractivity contribution < 1.29 is 29.0 Å². The van der Waals surface area contributed by atoms with Crippen molar-refractivity contribution in [2.24, 2.45) is 11.8 Å². The van der Waals surface area contributed by atoms with Gasteiger partial charge in [-0.05, 0) is 82.9 Å². The number of benzene rings is 1. The zero-order chi connectivity index (χ0) is 33.9. The molecule has 0 bridgehead atoms. The minimum Gasteiger partial charge on any atom is -0.496 e. The van der Waals surface area contributed by atoms with Gasteiger partial charge in [-0.3, -0.25) is 9.59 Å². The van der Waals surface area contributed by atoms with Gasteiger partial charge in [-0.2, -0.15) is 5.10 Å². The number of methoxy groups -OCH3 is 1. The Bertz CT molecular complexity index is 1660. The number of rotatable bonds is 14. The van der Waals surface area contributed by atoms with E-state index in [1.165, 1.54) is 0 Å². The number of fused-ring (bicyclic) bond motifs is 1. The third-order valence-electron chi connectivity index (χ3n) is 9.50. The van der Waals surface area contributed by atoms with Gasteiger partial charge in [-0.15, -0.1) is 0 Å². The van der Waals surface area contributed by atoms with E-state index in [1.807, 2.05) is 50.4 Å². The number of aliphatic carboxylic acids is 1. The van der Waals surface area contributed by atoms with Crippen molar-refractivity contribution in [2.75, 3.05) is 20.7 Å². The number of allylic oxidation sites excluding steroid dienone is 2. The lowest BCUT2D eigenvalue weighted by molar-refractivity contribution is -0.145. The fourth-order valence-electron chi connectivity index (χ4n) is 6.42. The molecule has 0 radical (unpaired) electrons. The van der Waals surface area contributed by atoms with E-state index >= 15 is 0 Å². The molecule has 2 saturated carbocycles. The van der Waals surface area contributed by atoms with Crippen molar-refractivity contribution in [2.45, 2.75) is 90.2 Å².